The van der Waals surface area contributed by atoms with Crippen molar-refractivity contribution in [3.63, 3.8) is 0 Å². The number of hydrogen-bond donors (Lipinski definition) is 2. The van der Waals surface area contributed by atoms with Crippen LogP contribution in [0.5, 0.6) is 0 Å². The van der Waals surface area contributed by atoms with Crippen LogP contribution in [0.1, 0.15) is 25.8 Å². The summed E-state index contributed by atoms with van der Waals surface area (Å²) in [6.45, 7) is 3.64. The number of carbonyl (C=O) groups is 1. The Bertz CT molecular complexity index is 460. The average molecular weight is 251 g/mol. The Hall–Kier alpha value is -1.95. The van der Waals surface area contributed by atoms with Crippen LogP contribution in [0.4, 0.5) is 11.4 Å². The lowest BCUT2D eigenvalue weighted by molar-refractivity contribution is -0.385. The van der Waals surface area contributed by atoms with E-state index in [1.165, 1.54) is 6.07 Å². The van der Waals surface area contributed by atoms with Gasteiger partial charge in [0.2, 0.25) is 5.91 Å². The highest BCUT2D eigenvalue weighted by Crippen LogP contribution is 2.23. The number of nitrogens with two attached hydrogens (primary N) is 1. The Kier molecular flexibility index (Phi) is 4.79. The van der Waals surface area contributed by atoms with Crippen LogP contribution >= 0.6 is 0 Å². The van der Waals surface area contributed by atoms with Crippen molar-refractivity contribution in [1.29, 1.82) is 0 Å². The summed E-state index contributed by atoms with van der Waals surface area (Å²) in [5.41, 5.74) is 6.62. The third-order valence-corrected chi connectivity index (χ3v) is 2.71. The van der Waals surface area contributed by atoms with E-state index >= 15 is 0 Å². The maximum atomic E-state index is 11.6. The third-order valence-electron chi connectivity index (χ3n) is 2.71. The number of amides is 1. The van der Waals surface area contributed by atoms with Crippen molar-refractivity contribution >= 4 is 17.3 Å². The van der Waals surface area contributed by atoms with Crippen LogP contribution in [0.25, 0.3) is 0 Å². The predicted octanol–water partition coefficient (Wildman–Crippen LogP) is 1.83. The Labute approximate surface area is 105 Å². The van der Waals surface area contributed by atoms with E-state index in [2.05, 4.69) is 5.32 Å². The van der Waals surface area contributed by atoms with Gasteiger partial charge < -0.3 is 11.1 Å². The molecule has 6 heteroatoms. The van der Waals surface area contributed by atoms with Crippen LogP contribution in [0, 0.1) is 10.1 Å². The smallest absolute Gasteiger partial charge is 0.274 e. The first kappa shape index (κ1) is 14.1. The van der Waals surface area contributed by atoms with Crippen molar-refractivity contribution in [3.8, 4) is 0 Å². The lowest BCUT2D eigenvalue weighted by Crippen LogP contribution is -2.34. The monoisotopic (exact) mass is 251 g/mol. The van der Waals surface area contributed by atoms with Crippen molar-refractivity contribution in [2.24, 2.45) is 5.73 Å². The molecule has 0 aliphatic carbocycles. The summed E-state index contributed by atoms with van der Waals surface area (Å²) in [6, 6.07) is 4.05. The first-order valence-corrected chi connectivity index (χ1v) is 5.83. The molecule has 0 aromatic heterocycles. The number of nitrogens with one attached hydrogen (secondary N) is 1. The van der Waals surface area contributed by atoms with Gasteiger partial charge in [-0.1, -0.05) is 19.9 Å². The highest BCUT2D eigenvalue weighted by molar-refractivity contribution is 5.94. The van der Waals surface area contributed by atoms with Crippen molar-refractivity contribution in [2.75, 3.05) is 5.32 Å². The van der Waals surface area contributed by atoms with E-state index in [0.717, 1.165) is 0 Å². The Balaban J connectivity index is 2.95. The first-order valence-electron chi connectivity index (χ1n) is 5.83. The van der Waals surface area contributed by atoms with Gasteiger partial charge in [0, 0.05) is 17.3 Å². The topological polar surface area (TPSA) is 98.3 Å². The molecule has 18 heavy (non-hydrogen) atoms. The first-order chi connectivity index (χ1) is 8.49. The minimum atomic E-state index is -0.602. The number of anilines is 1. The van der Waals surface area contributed by atoms with E-state index in [0.29, 0.717) is 24.1 Å². The Morgan fingerprint density at radius 2 is 2.17 bits per heavy atom. The fraction of sp³-hybridized carbons (Fsp3) is 0.417. The number of benzene rings is 1. The molecule has 98 valence electrons. The van der Waals surface area contributed by atoms with Gasteiger partial charge in [-0.2, -0.15) is 0 Å². The molecule has 1 amide bonds. The quantitative estimate of drug-likeness (QED) is 0.616. The number of nitro benzene ring substituents is 1. The van der Waals surface area contributed by atoms with Crippen LogP contribution in [-0.4, -0.2) is 16.9 Å². The van der Waals surface area contributed by atoms with Gasteiger partial charge in [0.1, 0.15) is 0 Å². The molecule has 0 spiro atoms. The van der Waals surface area contributed by atoms with Crippen molar-refractivity contribution in [3.05, 3.63) is 33.9 Å². The molecule has 0 saturated carbocycles. The molecule has 1 atom stereocenters. The molecule has 1 aromatic rings. The summed E-state index contributed by atoms with van der Waals surface area (Å²) in [7, 11) is 0. The molecule has 0 aliphatic heterocycles. The molecule has 0 unspecified atom stereocenters. The van der Waals surface area contributed by atoms with Crippen LogP contribution in [0.3, 0.4) is 0 Å². The zero-order valence-corrected chi connectivity index (χ0v) is 10.5. The van der Waals surface area contributed by atoms with Gasteiger partial charge in [-0.05, 0) is 18.9 Å². The number of carbonyl (C=O) groups excluding carboxylic acids is 1. The summed E-state index contributed by atoms with van der Waals surface area (Å²) in [6.07, 6.45) is 1.08. The van der Waals surface area contributed by atoms with Crippen molar-refractivity contribution in [1.82, 2.24) is 0 Å². The molecule has 1 aromatic carbocycles. The largest absolute Gasteiger partial charge is 0.324 e. The average Bonchev–Trinajstić information content (AvgIpc) is 2.37. The normalized spacial score (nSPS) is 11.9. The predicted molar refractivity (Wildman–Crippen MR) is 69.4 cm³/mol. The highest BCUT2D eigenvalue weighted by Gasteiger charge is 2.16. The van der Waals surface area contributed by atoms with E-state index < -0.39 is 11.0 Å². The fourth-order valence-corrected chi connectivity index (χ4v) is 1.53. The second kappa shape index (κ2) is 6.11. The molecule has 0 saturated heterocycles. The molecule has 0 bridgehead atoms. The van der Waals surface area contributed by atoms with Crippen LogP contribution in [0.15, 0.2) is 18.2 Å². The molecule has 0 fully saturated rings. The van der Waals surface area contributed by atoms with Crippen molar-refractivity contribution < 1.29 is 9.72 Å². The lowest BCUT2D eigenvalue weighted by atomic mass is 10.1. The zero-order chi connectivity index (χ0) is 13.7. The second-order valence-corrected chi connectivity index (χ2v) is 3.96. The minimum absolute atomic E-state index is 0.0142. The molecule has 3 N–H and O–H groups in total. The SMILES string of the molecule is CCc1ccc(NC(=O)[C@@H](N)CC)cc1[N+](=O)[O-]. The number of aryl methyl sites for hydroxylation is 1. The van der Waals surface area contributed by atoms with E-state index in [1.54, 1.807) is 19.1 Å². The number of rotatable bonds is 5. The van der Waals surface area contributed by atoms with Gasteiger partial charge in [-0.25, -0.2) is 0 Å². The van der Waals surface area contributed by atoms with E-state index in [1.807, 2.05) is 6.92 Å². The molecule has 1 rings (SSSR count). The van der Waals surface area contributed by atoms with Gasteiger partial charge in [0.25, 0.3) is 5.69 Å². The Morgan fingerprint density at radius 3 is 2.67 bits per heavy atom. The number of hydrogen-bond acceptors (Lipinski definition) is 4. The van der Waals surface area contributed by atoms with Gasteiger partial charge in [0.05, 0.1) is 11.0 Å². The maximum Gasteiger partial charge on any atom is 0.274 e. The summed E-state index contributed by atoms with van der Waals surface area (Å²) in [4.78, 5) is 22.0. The standard InChI is InChI=1S/C12H17N3O3/c1-3-8-5-6-9(7-11(8)15(17)18)14-12(16)10(13)4-2/h5-7,10H,3-4,13H2,1-2H3,(H,14,16)/t10-/m0/s1. The minimum Gasteiger partial charge on any atom is -0.324 e. The molecule has 6 nitrogen and oxygen atoms in total. The highest BCUT2D eigenvalue weighted by atomic mass is 16.6. The zero-order valence-electron chi connectivity index (χ0n) is 10.5. The molecule has 0 radical (unpaired) electrons. The lowest BCUT2D eigenvalue weighted by Gasteiger charge is -2.10. The molecular formula is C12H17N3O3. The fourth-order valence-electron chi connectivity index (χ4n) is 1.53. The third kappa shape index (κ3) is 3.27. The van der Waals surface area contributed by atoms with E-state index in [9.17, 15) is 14.9 Å². The Morgan fingerprint density at radius 1 is 1.50 bits per heavy atom. The molecule has 0 heterocycles. The summed E-state index contributed by atoms with van der Waals surface area (Å²) in [5, 5.41) is 13.4. The number of nitrogens with zero attached hydrogens (tertiary/aromatic N) is 1. The van der Waals surface area contributed by atoms with Crippen LogP contribution in [-0.2, 0) is 11.2 Å². The van der Waals surface area contributed by atoms with Gasteiger partial charge in [0.15, 0.2) is 0 Å². The van der Waals surface area contributed by atoms with Gasteiger partial charge >= 0.3 is 0 Å². The summed E-state index contributed by atoms with van der Waals surface area (Å²) in [5.74, 6) is -0.337. The maximum absolute atomic E-state index is 11.6. The number of nitro groups is 1. The molecular weight excluding hydrogens is 234 g/mol. The van der Waals surface area contributed by atoms with Gasteiger partial charge in [-0.15, -0.1) is 0 Å². The van der Waals surface area contributed by atoms with Crippen LogP contribution in [0.2, 0.25) is 0 Å². The molecule has 0 aliphatic rings. The summed E-state index contributed by atoms with van der Waals surface area (Å²) >= 11 is 0. The second-order valence-electron chi connectivity index (χ2n) is 3.96. The van der Waals surface area contributed by atoms with Crippen LogP contribution < -0.4 is 11.1 Å². The van der Waals surface area contributed by atoms with Gasteiger partial charge in [-0.3, -0.25) is 14.9 Å². The van der Waals surface area contributed by atoms with E-state index in [4.69, 9.17) is 5.73 Å². The summed E-state index contributed by atoms with van der Waals surface area (Å²) < 4.78 is 0. The van der Waals surface area contributed by atoms with Crippen molar-refractivity contribution in [2.45, 2.75) is 32.7 Å². The van der Waals surface area contributed by atoms with E-state index in [-0.39, 0.29) is 11.6 Å².